The van der Waals surface area contributed by atoms with Crippen LogP contribution in [-0.2, 0) is 9.59 Å². The Labute approximate surface area is 137 Å². The first-order valence-electron chi connectivity index (χ1n) is 7.76. The fourth-order valence-electron chi connectivity index (χ4n) is 2.32. The molecular weight excluding hydrogens is 300 g/mol. The van der Waals surface area contributed by atoms with Crippen molar-refractivity contribution in [2.75, 3.05) is 6.54 Å². The maximum absolute atomic E-state index is 12.4. The number of hydrogen-bond donors (Lipinski definition) is 2. The number of thioether (sulfide) groups is 1. The Morgan fingerprint density at radius 1 is 1.45 bits per heavy atom. The van der Waals surface area contributed by atoms with Gasteiger partial charge in [-0.15, -0.1) is 11.8 Å². The third-order valence-electron chi connectivity index (χ3n) is 4.13. The van der Waals surface area contributed by atoms with E-state index in [2.05, 4.69) is 6.58 Å². The van der Waals surface area contributed by atoms with Gasteiger partial charge in [0.2, 0.25) is 11.8 Å². The molecule has 2 atom stereocenters. The van der Waals surface area contributed by atoms with Crippen molar-refractivity contribution in [2.24, 2.45) is 5.73 Å². The molecule has 5 nitrogen and oxygen atoms in total. The summed E-state index contributed by atoms with van der Waals surface area (Å²) in [7, 11) is 0. The molecule has 0 radical (unpaired) electrons. The molecule has 1 aliphatic rings. The molecule has 126 valence electrons. The molecule has 0 bridgehead atoms. The number of aliphatic hydroxyl groups excluding tert-OH is 1. The van der Waals surface area contributed by atoms with Gasteiger partial charge in [0.1, 0.15) is 6.23 Å². The number of carbonyl (C=O) groups is 2. The topological polar surface area (TPSA) is 83.6 Å². The van der Waals surface area contributed by atoms with Crippen LogP contribution in [0.5, 0.6) is 0 Å². The minimum Gasteiger partial charge on any atom is -0.373 e. The van der Waals surface area contributed by atoms with Crippen molar-refractivity contribution in [3.8, 4) is 0 Å². The van der Waals surface area contributed by atoms with Crippen molar-refractivity contribution in [3.05, 3.63) is 12.2 Å². The van der Waals surface area contributed by atoms with Crippen molar-refractivity contribution in [2.45, 2.75) is 69.1 Å². The van der Waals surface area contributed by atoms with E-state index in [1.165, 1.54) is 0 Å². The summed E-state index contributed by atoms with van der Waals surface area (Å²) < 4.78 is -0.183. The molecule has 3 N–H and O–H groups in total. The molecule has 1 saturated heterocycles. The van der Waals surface area contributed by atoms with E-state index in [1.54, 1.807) is 16.7 Å². The lowest BCUT2D eigenvalue weighted by molar-refractivity contribution is -0.133. The fourth-order valence-corrected chi connectivity index (χ4v) is 3.74. The molecule has 0 spiro atoms. The lowest BCUT2D eigenvalue weighted by atomic mass is 10.1. The van der Waals surface area contributed by atoms with Crippen LogP contribution in [0.15, 0.2) is 12.2 Å². The van der Waals surface area contributed by atoms with E-state index in [1.807, 2.05) is 20.8 Å². The average Bonchev–Trinajstić information content (AvgIpc) is 2.64. The SMILES string of the molecule is C=C(C)C(C)(C)SC1CC(O)N(CCCCCC(N)=O)C1=O. The highest BCUT2D eigenvalue weighted by Crippen LogP contribution is 2.39. The van der Waals surface area contributed by atoms with E-state index in [4.69, 9.17) is 5.73 Å². The summed E-state index contributed by atoms with van der Waals surface area (Å²) in [6.07, 6.45) is 2.46. The molecule has 1 aliphatic heterocycles. The number of aliphatic hydroxyl groups is 1. The number of primary amides is 1. The van der Waals surface area contributed by atoms with Crippen LogP contribution in [0, 0.1) is 0 Å². The number of nitrogens with zero attached hydrogens (tertiary/aromatic N) is 1. The maximum Gasteiger partial charge on any atom is 0.237 e. The number of amides is 2. The number of likely N-dealkylation sites (tertiary alicyclic amines) is 1. The molecular formula is C16H28N2O3S. The first-order valence-corrected chi connectivity index (χ1v) is 8.63. The molecule has 6 heteroatoms. The second kappa shape index (κ2) is 8.02. The Morgan fingerprint density at radius 2 is 2.09 bits per heavy atom. The van der Waals surface area contributed by atoms with Gasteiger partial charge in [0, 0.05) is 24.1 Å². The zero-order valence-electron chi connectivity index (χ0n) is 13.8. The van der Waals surface area contributed by atoms with Gasteiger partial charge in [0.25, 0.3) is 0 Å². The van der Waals surface area contributed by atoms with Crippen LogP contribution in [0.1, 0.15) is 52.9 Å². The largest absolute Gasteiger partial charge is 0.373 e. The molecule has 1 heterocycles. The van der Waals surface area contributed by atoms with Crippen molar-refractivity contribution in [1.82, 2.24) is 4.90 Å². The van der Waals surface area contributed by atoms with Crippen LogP contribution >= 0.6 is 11.8 Å². The van der Waals surface area contributed by atoms with Gasteiger partial charge in [0.15, 0.2) is 0 Å². The quantitative estimate of drug-likeness (QED) is 0.501. The van der Waals surface area contributed by atoms with E-state index in [9.17, 15) is 14.7 Å². The number of nitrogens with two attached hydrogens (primary N) is 1. The minimum absolute atomic E-state index is 0.00160. The Morgan fingerprint density at radius 3 is 2.64 bits per heavy atom. The highest BCUT2D eigenvalue weighted by Gasteiger charge is 2.41. The standard InChI is InChI=1S/C16H28N2O3S/c1-11(2)16(3,4)22-12-10-14(20)18(15(12)21)9-7-5-6-8-13(17)19/h12,14,20H,1,5-10H2,2-4H3,(H2,17,19). The second-order valence-electron chi connectivity index (χ2n) is 6.42. The van der Waals surface area contributed by atoms with Gasteiger partial charge >= 0.3 is 0 Å². The van der Waals surface area contributed by atoms with Crippen molar-refractivity contribution >= 4 is 23.6 Å². The van der Waals surface area contributed by atoms with Gasteiger partial charge < -0.3 is 15.7 Å². The van der Waals surface area contributed by atoms with Gasteiger partial charge in [-0.3, -0.25) is 9.59 Å². The Bertz CT molecular complexity index is 437. The summed E-state index contributed by atoms with van der Waals surface area (Å²) in [6.45, 7) is 10.6. The zero-order chi connectivity index (χ0) is 16.9. The van der Waals surface area contributed by atoms with Crippen LogP contribution in [0.25, 0.3) is 0 Å². The monoisotopic (exact) mass is 328 g/mol. The van der Waals surface area contributed by atoms with Crippen LogP contribution in [0.2, 0.25) is 0 Å². The van der Waals surface area contributed by atoms with E-state index in [-0.39, 0.29) is 21.8 Å². The number of hydrogen-bond acceptors (Lipinski definition) is 4. The lowest BCUT2D eigenvalue weighted by Gasteiger charge is -2.27. The third-order valence-corrected chi connectivity index (χ3v) is 5.75. The van der Waals surface area contributed by atoms with E-state index >= 15 is 0 Å². The van der Waals surface area contributed by atoms with Gasteiger partial charge in [-0.05, 0) is 33.6 Å². The second-order valence-corrected chi connectivity index (χ2v) is 8.25. The van der Waals surface area contributed by atoms with E-state index in [0.717, 1.165) is 24.8 Å². The summed E-state index contributed by atoms with van der Waals surface area (Å²) in [4.78, 5) is 24.6. The molecule has 1 rings (SSSR count). The van der Waals surface area contributed by atoms with E-state index in [0.29, 0.717) is 19.4 Å². The molecule has 2 amide bonds. The molecule has 0 aromatic carbocycles. The summed E-state index contributed by atoms with van der Waals surface area (Å²) in [5.41, 5.74) is 6.11. The van der Waals surface area contributed by atoms with E-state index < -0.39 is 6.23 Å². The summed E-state index contributed by atoms with van der Waals surface area (Å²) in [5, 5.41) is 9.89. The molecule has 0 aliphatic carbocycles. The Hall–Kier alpha value is -1.01. The number of rotatable bonds is 9. The molecule has 0 saturated carbocycles. The molecule has 0 aromatic heterocycles. The molecule has 0 aromatic rings. The summed E-state index contributed by atoms with van der Waals surface area (Å²) >= 11 is 1.57. The Kier molecular flexibility index (Phi) is 6.94. The highest BCUT2D eigenvalue weighted by atomic mass is 32.2. The maximum atomic E-state index is 12.4. The smallest absolute Gasteiger partial charge is 0.237 e. The van der Waals surface area contributed by atoms with Gasteiger partial charge in [-0.25, -0.2) is 0 Å². The van der Waals surface area contributed by atoms with Crippen molar-refractivity contribution in [1.29, 1.82) is 0 Å². The van der Waals surface area contributed by atoms with Crippen LogP contribution < -0.4 is 5.73 Å². The minimum atomic E-state index is -0.706. The van der Waals surface area contributed by atoms with Crippen LogP contribution in [-0.4, -0.2) is 44.6 Å². The van der Waals surface area contributed by atoms with Gasteiger partial charge in [-0.1, -0.05) is 18.6 Å². The lowest BCUT2D eigenvalue weighted by Crippen LogP contribution is -2.35. The molecule has 22 heavy (non-hydrogen) atoms. The van der Waals surface area contributed by atoms with Crippen molar-refractivity contribution in [3.63, 3.8) is 0 Å². The fraction of sp³-hybridized carbons (Fsp3) is 0.750. The number of unbranched alkanes of at least 4 members (excludes halogenated alkanes) is 2. The molecule has 2 unspecified atom stereocenters. The third kappa shape index (κ3) is 5.32. The first-order chi connectivity index (χ1) is 10.1. The molecule has 1 fully saturated rings. The zero-order valence-corrected chi connectivity index (χ0v) is 14.6. The highest BCUT2D eigenvalue weighted by molar-refractivity contribution is 8.02. The van der Waals surface area contributed by atoms with Crippen molar-refractivity contribution < 1.29 is 14.7 Å². The predicted molar refractivity (Wildman–Crippen MR) is 90.3 cm³/mol. The first kappa shape index (κ1) is 19.0. The van der Waals surface area contributed by atoms with Crippen LogP contribution in [0.4, 0.5) is 0 Å². The Balaban J connectivity index is 2.45. The average molecular weight is 328 g/mol. The predicted octanol–water partition coefficient (Wildman–Crippen LogP) is 2.04. The number of carbonyl (C=O) groups excluding carboxylic acids is 2. The summed E-state index contributed by atoms with van der Waals surface area (Å²) in [5.74, 6) is -0.294. The van der Waals surface area contributed by atoms with Crippen LogP contribution in [0.3, 0.4) is 0 Å². The normalized spacial score (nSPS) is 22.2. The van der Waals surface area contributed by atoms with Gasteiger partial charge in [0.05, 0.1) is 5.25 Å². The van der Waals surface area contributed by atoms with Gasteiger partial charge in [-0.2, -0.15) is 0 Å². The summed E-state index contributed by atoms with van der Waals surface area (Å²) in [6, 6.07) is 0.